The number of imidazole rings is 1. The van der Waals surface area contributed by atoms with Gasteiger partial charge in [0.25, 0.3) is 10.0 Å². The number of nitrogens with zero attached hydrogens (tertiary/aromatic N) is 2. The van der Waals surface area contributed by atoms with Crippen LogP contribution in [0, 0.1) is 0 Å². The molecule has 0 spiro atoms. The SMILES string of the molecule is COc1cccc(S(=O)(=O)Nc2cc3c(cc2Oc2ccccc2)n(C)c(=O)n3C)c1. The summed E-state index contributed by atoms with van der Waals surface area (Å²) < 4.78 is 42.8. The topological polar surface area (TPSA) is 91.6 Å². The third-order valence-electron chi connectivity index (χ3n) is 4.94. The van der Waals surface area contributed by atoms with Crippen molar-refractivity contribution >= 4 is 26.7 Å². The van der Waals surface area contributed by atoms with Gasteiger partial charge in [-0.05, 0) is 30.3 Å². The molecule has 0 aliphatic rings. The number of benzene rings is 3. The highest BCUT2D eigenvalue weighted by atomic mass is 32.2. The molecule has 0 unspecified atom stereocenters. The van der Waals surface area contributed by atoms with Gasteiger partial charge in [-0.2, -0.15) is 0 Å². The Labute approximate surface area is 179 Å². The maximum absolute atomic E-state index is 13.1. The zero-order chi connectivity index (χ0) is 22.2. The van der Waals surface area contributed by atoms with Crippen LogP contribution in [-0.2, 0) is 24.1 Å². The molecule has 0 saturated carbocycles. The van der Waals surface area contributed by atoms with E-state index in [0.717, 1.165) is 0 Å². The number of methoxy groups -OCH3 is 1. The van der Waals surface area contributed by atoms with Gasteiger partial charge in [-0.3, -0.25) is 13.9 Å². The van der Waals surface area contributed by atoms with Gasteiger partial charge >= 0.3 is 5.69 Å². The van der Waals surface area contributed by atoms with Crippen LogP contribution in [0.2, 0.25) is 0 Å². The van der Waals surface area contributed by atoms with Crippen LogP contribution in [0.25, 0.3) is 11.0 Å². The second-order valence-electron chi connectivity index (χ2n) is 6.94. The van der Waals surface area contributed by atoms with E-state index in [4.69, 9.17) is 9.47 Å². The summed E-state index contributed by atoms with van der Waals surface area (Å²) in [7, 11) is 0.795. The largest absolute Gasteiger partial charge is 0.497 e. The lowest BCUT2D eigenvalue weighted by Gasteiger charge is -2.15. The fourth-order valence-electron chi connectivity index (χ4n) is 3.28. The average Bonchev–Trinajstić information content (AvgIpc) is 2.98. The van der Waals surface area contributed by atoms with Gasteiger partial charge in [-0.25, -0.2) is 13.2 Å². The van der Waals surface area contributed by atoms with E-state index in [-0.39, 0.29) is 22.0 Å². The Morgan fingerprint density at radius 1 is 0.839 bits per heavy atom. The van der Waals surface area contributed by atoms with Crippen molar-refractivity contribution in [2.24, 2.45) is 14.1 Å². The van der Waals surface area contributed by atoms with Crippen molar-refractivity contribution in [3.8, 4) is 17.2 Å². The Balaban J connectivity index is 1.85. The molecule has 1 N–H and O–H groups in total. The number of aromatic nitrogens is 2. The van der Waals surface area contributed by atoms with E-state index in [1.165, 1.54) is 28.4 Å². The molecule has 4 rings (SSSR count). The average molecular weight is 439 g/mol. The number of rotatable bonds is 6. The van der Waals surface area contributed by atoms with Crippen LogP contribution in [0.5, 0.6) is 17.2 Å². The van der Waals surface area contributed by atoms with Crippen LogP contribution >= 0.6 is 0 Å². The molecule has 0 atom stereocenters. The molecular weight excluding hydrogens is 418 g/mol. The summed E-state index contributed by atoms with van der Waals surface area (Å²) in [6.07, 6.45) is 0. The van der Waals surface area contributed by atoms with E-state index in [1.807, 2.05) is 18.2 Å². The number of fused-ring (bicyclic) bond motifs is 1. The number of hydrogen-bond donors (Lipinski definition) is 1. The van der Waals surface area contributed by atoms with Gasteiger partial charge < -0.3 is 9.47 Å². The molecule has 0 radical (unpaired) electrons. The van der Waals surface area contributed by atoms with Crippen molar-refractivity contribution in [3.63, 3.8) is 0 Å². The number of ether oxygens (including phenoxy) is 2. The fraction of sp³-hybridized carbons (Fsp3) is 0.136. The molecule has 0 fully saturated rings. The molecule has 160 valence electrons. The Bertz CT molecular complexity index is 1420. The quantitative estimate of drug-likeness (QED) is 0.497. The minimum Gasteiger partial charge on any atom is -0.497 e. The first-order valence-corrected chi connectivity index (χ1v) is 10.9. The standard InChI is InChI=1S/C22H21N3O5S/c1-24-19-13-18(23-31(27,28)17-11-7-10-16(12-17)29-3)21(14-20(19)25(2)22(24)26)30-15-8-5-4-6-9-15/h4-14,23H,1-3H3. The maximum atomic E-state index is 13.1. The molecule has 8 nitrogen and oxygen atoms in total. The minimum atomic E-state index is -3.95. The van der Waals surface area contributed by atoms with Gasteiger partial charge in [0.1, 0.15) is 11.5 Å². The van der Waals surface area contributed by atoms with Crippen molar-refractivity contribution in [2.45, 2.75) is 4.90 Å². The smallest absolute Gasteiger partial charge is 0.328 e. The molecule has 9 heteroatoms. The highest BCUT2D eigenvalue weighted by Crippen LogP contribution is 2.35. The van der Waals surface area contributed by atoms with Crippen molar-refractivity contribution < 1.29 is 17.9 Å². The lowest BCUT2D eigenvalue weighted by Crippen LogP contribution is -2.19. The number of hydrogen-bond acceptors (Lipinski definition) is 5. The van der Waals surface area contributed by atoms with Crippen molar-refractivity contribution in [3.05, 3.63) is 77.2 Å². The summed E-state index contributed by atoms with van der Waals surface area (Å²) >= 11 is 0. The van der Waals surface area contributed by atoms with Gasteiger partial charge in [0, 0.05) is 26.2 Å². The van der Waals surface area contributed by atoms with Gasteiger partial charge in [0.2, 0.25) is 0 Å². The van der Waals surface area contributed by atoms with E-state index in [9.17, 15) is 13.2 Å². The van der Waals surface area contributed by atoms with Crippen LogP contribution in [0.3, 0.4) is 0 Å². The first-order valence-electron chi connectivity index (χ1n) is 9.39. The predicted octanol–water partition coefficient (Wildman–Crippen LogP) is 3.48. The summed E-state index contributed by atoms with van der Waals surface area (Å²) in [5.74, 6) is 1.22. The van der Waals surface area contributed by atoms with Gasteiger partial charge in [0.15, 0.2) is 5.75 Å². The highest BCUT2D eigenvalue weighted by Gasteiger charge is 2.20. The van der Waals surface area contributed by atoms with Crippen molar-refractivity contribution in [1.82, 2.24) is 9.13 Å². The molecular formula is C22H21N3O5S. The Hall–Kier alpha value is -3.72. The van der Waals surface area contributed by atoms with E-state index in [1.54, 1.807) is 50.5 Å². The third-order valence-corrected chi connectivity index (χ3v) is 6.30. The van der Waals surface area contributed by atoms with E-state index in [2.05, 4.69) is 4.72 Å². The second-order valence-corrected chi connectivity index (χ2v) is 8.62. The summed E-state index contributed by atoms with van der Waals surface area (Å²) in [4.78, 5) is 12.4. The Morgan fingerprint density at radius 3 is 2.16 bits per heavy atom. The van der Waals surface area contributed by atoms with Gasteiger partial charge in [0.05, 0.1) is 28.7 Å². The van der Waals surface area contributed by atoms with Crippen molar-refractivity contribution in [2.75, 3.05) is 11.8 Å². The number of para-hydroxylation sites is 1. The zero-order valence-corrected chi connectivity index (χ0v) is 18.0. The number of nitrogens with one attached hydrogen (secondary N) is 1. The van der Waals surface area contributed by atoms with E-state index < -0.39 is 10.0 Å². The van der Waals surface area contributed by atoms with Crippen LogP contribution in [0.1, 0.15) is 0 Å². The Morgan fingerprint density at radius 2 is 1.48 bits per heavy atom. The molecule has 0 saturated heterocycles. The first-order chi connectivity index (χ1) is 14.8. The number of aryl methyl sites for hydroxylation is 2. The molecule has 31 heavy (non-hydrogen) atoms. The first kappa shape index (κ1) is 20.5. The third kappa shape index (κ3) is 3.87. The second kappa shape index (κ2) is 7.84. The summed E-state index contributed by atoms with van der Waals surface area (Å²) in [5.41, 5.74) is 1.16. The summed E-state index contributed by atoms with van der Waals surface area (Å²) in [6.45, 7) is 0. The van der Waals surface area contributed by atoms with E-state index in [0.29, 0.717) is 22.5 Å². The fourth-order valence-corrected chi connectivity index (χ4v) is 4.37. The predicted molar refractivity (Wildman–Crippen MR) is 118 cm³/mol. The summed E-state index contributed by atoms with van der Waals surface area (Å²) in [5, 5.41) is 0. The molecule has 1 aromatic heterocycles. The molecule has 0 bridgehead atoms. The van der Waals surface area contributed by atoms with Gasteiger partial charge in [-0.15, -0.1) is 0 Å². The van der Waals surface area contributed by atoms with E-state index >= 15 is 0 Å². The van der Waals surface area contributed by atoms with Gasteiger partial charge in [-0.1, -0.05) is 24.3 Å². The molecule has 3 aromatic carbocycles. The van der Waals surface area contributed by atoms with Crippen molar-refractivity contribution in [1.29, 1.82) is 0 Å². The lowest BCUT2D eigenvalue weighted by atomic mass is 10.2. The molecule has 0 amide bonds. The van der Waals surface area contributed by atoms with Crippen LogP contribution < -0.4 is 19.9 Å². The Kier molecular flexibility index (Phi) is 5.20. The zero-order valence-electron chi connectivity index (χ0n) is 17.2. The molecule has 0 aliphatic carbocycles. The molecule has 4 aromatic rings. The number of sulfonamides is 1. The normalized spacial score (nSPS) is 11.5. The lowest BCUT2D eigenvalue weighted by molar-refractivity contribution is 0.413. The molecule has 1 heterocycles. The minimum absolute atomic E-state index is 0.0413. The van der Waals surface area contributed by atoms with Crippen LogP contribution in [-0.4, -0.2) is 24.7 Å². The van der Waals surface area contributed by atoms with Crippen LogP contribution in [0.15, 0.2) is 76.4 Å². The molecule has 0 aliphatic heterocycles. The monoisotopic (exact) mass is 439 g/mol. The van der Waals surface area contributed by atoms with Crippen LogP contribution in [0.4, 0.5) is 5.69 Å². The maximum Gasteiger partial charge on any atom is 0.328 e. The highest BCUT2D eigenvalue weighted by molar-refractivity contribution is 7.92. The number of anilines is 1. The summed E-state index contributed by atoms with van der Waals surface area (Å²) in [6, 6.07) is 18.4.